The number of piperazine rings is 1. The summed E-state index contributed by atoms with van der Waals surface area (Å²) in [4.78, 5) is 50.8. The summed E-state index contributed by atoms with van der Waals surface area (Å²) >= 11 is 0. The molecule has 13 nitrogen and oxygen atoms in total. The Kier molecular flexibility index (Phi) is 7.51. The molecule has 0 saturated carbocycles. The first kappa shape index (κ1) is 27.7. The SMILES string of the molecule is CN1CCN(C(=O)c2cc(F)c(NC(=O)N3CCc4c(-c5cnc(N)nc5)nc(N5CCOCC5)nc43)c(F)c2)CC1. The number of rotatable bonds is 4. The quantitative estimate of drug-likeness (QED) is 0.467. The Labute approximate surface area is 240 Å². The van der Waals surface area contributed by atoms with Crippen molar-refractivity contribution in [3.63, 3.8) is 0 Å². The molecule has 15 heteroatoms. The molecule has 1 aromatic carbocycles. The van der Waals surface area contributed by atoms with E-state index in [0.29, 0.717) is 87.5 Å². The average Bonchev–Trinajstić information content (AvgIpc) is 3.43. The number of nitrogens with one attached hydrogen (secondary N) is 1. The van der Waals surface area contributed by atoms with E-state index in [1.165, 1.54) is 4.90 Å². The molecular formula is C27H30F2N10O3. The molecule has 3 amide bonds. The molecule has 3 aromatic rings. The Morgan fingerprint density at radius 2 is 1.62 bits per heavy atom. The third-order valence-corrected chi connectivity index (χ3v) is 7.61. The van der Waals surface area contributed by atoms with Crippen molar-refractivity contribution in [1.82, 2.24) is 29.7 Å². The first-order chi connectivity index (χ1) is 20.3. The summed E-state index contributed by atoms with van der Waals surface area (Å²) in [6.07, 6.45) is 3.49. The van der Waals surface area contributed by atoms with Gasteiger partial charge < -0.3 is 30.5 Å². The van der Waals surface area contributed by atoms with Crippen LogP contribution in [0.5, 0.6) is 0 Å². The number of nitrogens with two attached hydrogens (primary N) is 1. The molecule has 3 aliphatic heterocycles. The Morgan fingerprint density at radius 3 is 2.29 bits per heavy atom. The van der Waals surface area contributed by atoms with Crippen molar-refractivity contribution in [2.75, 3.05) is 86.9 Å². The molecule has 0 aliphatic carbocycles. The van der Waals surface area contributed by atoms with E-state index in [0.717, 1.165) is 12.1 Å². The van der Waals surface area contributed by atoms with E-state index in [1.807, 2.05) is 11.9 Å². The van der Waals surface area contributed by atoms with E-state index >= 15 is 8.78 Å². The van der Waals surface area contributed by atoms with Gasteiger partial charge in [-0.1, -0.05) is 0 Å². The van der Waals surface area contributed by atoms with Crippen LogP contribution in [-0.2, 0) is 11.2 Å². The molecular weight excluding hydrogens is 550 g/mol. The number of hydrogen-bond donors (Lipinski definition) is 2. The molecule has 0 bridgehead atoms. The van der Waals surface area contributed by atoms with Crippen molar-refractivity contribution in [2.45, 2.75) is 6.42 Å². The Balaban J connectivity index is 1.28. The van der Waals surface area contributed by atoms with Gasteiger partial charge in [-0.05, 0) is 25.6 Å². The molecule has 42 heavy (non-hydrogen) atoms. The van der Waals surface area contributed by atoms with Gasteiger partial charge in [0.25, 0.3) is 5.91 Å². The minimum Gasteiger partial charge on any atom is -0.378 e. The zero-order valence-electron chi connectivity index (χ0n) is 23.0. The minimum absolute atomic E-state index is 0.110. The molecule has 5 heterocycles. The number of fused-ring (bicyclic) bond motifs is 1. The summed E-state index contributed by atoms with van der Waals surface area (Å²) in [6.45, 7) is 4.57. The lowest BCUT2D eigenvalue weighted by Gasteiger charge is -2.32. The second-order valence-electron chi connectivity index (χ2n) is 10.3. The van der Waals surface area contributed by atoms with E-state index in [4.69, 9.17) is 15.5 Å². The van der Waals surface area contributed by atoms with Crippen LogP contribution in [0.15, 0.2) is 24.5 Å². The van der Waals surface area contributed by atoms with Gasteiger partial charge in [-0.2, -0.15) is 4.98 Å². The van der Waals surface area contributed by atoms with Gasteiger partial charge in [0.1, 0.15) is 11.5 Å². The maximum absolute atomic E-state index is 15.1. The summed E-state index contributed by atoms with van der Waals surface area (Å²) < 4.78 is 35.7. The number of nitrogens with zero attached hydrogens (tertiary/aromatic N) is 8. The van der Waals surface area contributed by atoms with Gasteiger partial charge in [-0.25, -0.2) is 28.5 Å². The van der Waals surface area contributed by atoms with Crippen LogP contribution >= 0.6 is 0 Å². The molecule has 6 rings (SSSR count). The summed E-state index contributed by atoms with van der Waals surface area (Å²) in [5, 5.41) is 2.35. The molecule has 0 spiro atoms. The van der Waals surface area contributed by atoms with Crippen molar-refractivity contribution in [2.24, 2.45) is 0 Å². The topological polar surface area (TPSA) is 146 Å². The van der Waals surface area contributed by atoms with E-state index in [2.05, 4.69) is 25.2 Å². The van der Waals surface area contributed by atoms with Gasteiger partial charge >= 0.3 is 6.03 Å². The minimum atomic E-state index is -1.04. The number of benzene rings is 1. The summed E-state index contributed by atoms with van der Waals surface area (Å²) in [5.74, 6) is -1.74. The first-order valence-corrected chi connectivity index (χ1v) is 13.7. The molecule has 2 fully saturated rings. The lowest BCUT2D eigenvalue weighted by molar-refractivity contribution is 0.0663. The monoisotopic (exact) mass is 580 g/mol. The highest BCUT2D eigenvalue weighted by Crippen LogP contribution is 2.36. The van der Waals surface area contributed by atoms with Crippen LogP contribution < -0.4 is 20.9 Å². The predicted molar refractivity (Wildman–Crippen MR) is 150 cm³/mol. The van der Waals surface area contributed by atoms with Crippen LogP contribution in [0.1, 0.15) is 15.9 Å². The lowest BCUT2D eigenvalue weighted by atomic mass is 10.1. The van der Waals surface area contributed by atoms with Crippen molar-refractivity contribution in [1.29, 1.82) is 0 Å². The van der Waals surface area contributed by atoms with Crippen LogP contribution in [0.2, 0.25) is 0 Å². The number of carbonyl (C=O) groups is 2. The molecule has 3 N–H and O–H groups in total. The largest absolute Gasteiger partial charge is 0.378 e. The zero-order valence-corrected chi connectivity index (χ0v) is 23.0. The van der Waals surface area contributed by atoms with E-state index in [1.54, 1.807) is 17.3 Å². The van der Waals surface area contributed by atoms with Crippen molar-refractivity contribution in [3.05, 3.63) is 47.3 Å². The Bertz CT molecular complexity index is 1490. The fourth-order valence-electron chi connectivity index (χ4n) is 5.23. The number of morpholine rings is 1. The average molecular weight is 581 g/mol. The highest BCUT2D eigenvalue weighted by Gasteiger charge is 2.33. The Morgan fingerprint density at radius 1 is 0.952 bits per heavy atom. The van der Waals surface area contributed by atoms with E-state index in [-0.39, 0.29) is 18.1 Å². The number of hydrogen-bond acceptors (Lipinski definition) is 10. The van der Waals surface area contributed by atoms with Gasteiger partial charge in [0.2, 0.25) is 11.9 Å². The lowest BCUT2D eigenvalue weighted by Crippen LogP contribution is -2.47. The van der Waals surface area contributed by atoms with E-state index in [9.17, 15) is 9.59 Å². The number of likely N-dealkylation sites (N-methyl/N-ethyl adjacent to an activating group) is 1. The first-order valence-electron chi connectivity index (χ1n) is 13.7. The molecule has 0 unspecified atom stereocenters. The van der Waals surface area contributed by atoms with Gasteiger partial charge in [0.05, 0.1) is 18.9 Å². The Hall–Kier alpha value is -4.50. The number of anilines is 4. The number of carbonyl (C=O) groups excluding carboxylic acids is 2. The number of aromatic nitrogens is 4. The molecule has 0 radical (unpaired) electrons. The van der Waals surface area contributed by atoms with Crippen LogP contribution in [-0.4, -0.2) is 108 Å². The molecule has 2 saturated heterocycles. The van der Waals surface area contributed by atoms with Gasteiger partial charge in [-0.3, -0.25) is 9.69 Å². The highest BCUT2D eigenvalue weighted by atomic mass is 19.1. The highest BCUT2D eigenvalue weighted by molar-refractivity contribution is 6.03. The fraction of sp³-hybridized carbons (Fsp3) is 0.407. The molecule has 220 valence electrons. The third-order valence-electron chi connectivity index (χ3n) is 7.61. The standard InChI is InChI=1S/C27H30F2N10O3/c1-36-4-6-37(7-5-36)24(40)16-12-19(28)22(20(29)13-16)34-27(41)39-3-2-18-21(17-14-31-25(30)32-15-17)33-26(35-23(18)39)38-8-10-42-11-9-38/h12-15H,2-11H2,1H3,(H,34,41)(H2,30,31,32). The van der Waals surface area contributed by atoms with Gasteiger partial charge in [0, 0.05) is 74.9 Å². The molecule has 3 aliphatic rings. The van der Waals surface area contributed by atoms with Crippen molar-refractivity contribution >= 4 is 35.3 Å². The zero-order chi connectivity index (χ0) is 29.4. The fourth-order valence-corrected chi connectivity index (χ4v) is 5.23. The van der Waals surface area contributed by atoms with Crippen LogP contribution in [0.4, 0.5) is 37.0 Å². The smallest absolute Gasteiger partial charge is 0.327 e. The summed E-state index contributed by atoms with van der Waals surface area (Å²) in [5.41, 5.74) is 6.72. The second kappa shape index (κ2) is 11.4. The number of nitrogen functional groups attached to an aromatic ring is 1. The maximum Gasteiger partial charge on any atom is 0.327 e. The van der Waals surface area contributed by atoms with Crippen LogP contribution in [0, 0.1) is 11.6 Å². The number of halogens is 2. The van der Waals surface area contributed by atoms with Crippen molar-refractivity contribution in [3.8, 4) is 11.3 Å². The van der Waals surface area contributed by atoms with Gasteiger partial charge in [-0.15, -0.1) is 0 Å². The normalized spacial score (nSPS) is 17.4. The molecule has 2 aromatic heterocycles. The molecule has 0 atom stereocenters. The van der Waals surface area contributed by atoms with Crippen LogP contribution in [0.3, 0.4) is 0 Å². The second-order valence-corrected chi connectivity index (χ2v) is 10.3. The van der Waals surface area contributed by atoms with Crippen molar-refractivity contribution < 1.29 is 23.1 Å². The maximum atomic E-state index is 15.1. The third kappa shape index (κ3) is 5.39. The number of ether oxygens (including phenoxy) is 1. The van der Waals surface area contributed by atoms with Crippen LogP contribution in [0.25, 0.3) is 11.3 Å². The van der Waals surface area contributed by atoms with Gasteiger partial charge in [0.15, 0.2) is 11.6 Å². The summed E-state index contributed by atoms with van der Waals surface area (Å²) in [6, 6.07) is 1.14. The number of amides is 3. The summed E-state index contributed by atoms with van der Waals surface area (Å²) in [7, 11) is 1.94. The number of urea groups is 1. The predicted octanol–water partition coefficient (Wildman–Crippen LogP) is 1.61. The van der Waals surface area contributed by atoms with E-state index < -0.39 is 29.3 Å².